The van der Waals surface area contributed by atoms with E-state index in [1.165, 1.54) is 0 Å². The Kier molecular flexibility index (Phi) is 13.7. The highest BCUT2D eigenvalue weighted by atomic mass is 19.1. The molecule has 0 spiro atoms. The van der Waals surface area contributed by atoms with Crippen LogP contribution in [0.2, 0.25) is 0 Å². The Morgan fingerprint density at radius 1 is 1.42 bits per heavy atom. The molecule has 1 aliphatic heterocycles. The normalized spacial score (nSPS) is 14.5. The second-order valence-electron chi connectivity index (χ2n) is 5.49. The van der Waals surface area contributed by atoms with Crippen molar-refractivity contribution < 1.29 is 9.18 Å². The molecule has 1 rings (SSSR count). The fourth-order valence-electron chi connectivity index (χ4n) is 1.84. The minimum atomic E-state index is -0.323. The fraction of sp³-hybridized carbons (Fsp3) is 0.556. The van der Waals surface area contributed by atoms with Gasteiger partial charge < -0.3 is 0 Å². The third-order valence-electron chi connectivity index (χ3n) is 3.06. The molecule has 0 aromatic rings. The molecule has 1 aliphatic rings. The lowest BCUT2D eigenvalue weighted by molar-refractivity contribution is -0.123. The predicted octanol–water partition coefficient (Wildman–Crippen LogP) is 2.78. The molecule has 2 N–H and O–H groups in total. The summed E-state index contributed by atoms with van der Waals surface area (Å²) in [5.41, 5.74) is 6.63. The van der Waals surface area contributed by atoms with Crippen LogP contribution in [-0.2, 0) is 4.79 Å². The summed E-state index contributed by atoms with van der Waals surface area (Å²) >= 11 is 0. The molecular weight excluding hydrogens is 307 g/mol. The van der Waals surface area contributed by atoms with E-state index in [4.69, 9.17) is 0 Å². The maximum absolute atomic E-state index is 11.7. The molecule has 0 atom stereocenters. The topological polar surface area (TPSA) is 56.7 Å². The molecule has 0 saturated carbocycles. The number of alkyl halides is 1. The highest BCUT2D eigenvalue weighted by molar-refractivity contribution is 5.97. The van der Waals surface area contributed by atoms with Gasteiger partial charge in [0.15, 0.2) is 0 Å². The van der Waals surface area contributed by atoms with Crippen LogP contribution in [0.4, 0.5) is 4.39 Å². The van der Waals surface area contributed by atoms with Gasteiger partial charge in [0.05, 0.1) is 12.9 Å². The summed E-state index contributed by atoms with van der Waals surface area (Å²) in [6, 6.07) is 0.158. The van der Waals surface area contributed by atoms with Crippen LogP contribution in [0.5, 0.6) is 0 Å². The van der Waals surface area contributed by atoms with Crippen LogP contribution < -0.4 is 10.9 Å². The first-order chi connectivity index (χ1) is 11.6. The zero-order chi connectivity index (χ0) is 18.2. The summed E-state index contributed by atoms with van der Waals surface area (Å²) in [6.45, 7) is 11.1. The van der Waals surface area contributed by atoms with E-state index < -0.39 is 0 Å². The number of rotatable bonds is 9. The molecule has 0 aromatic carbocycles. The Hall–Kier alpha value is -1.79. The van der Waals surface area contributed by atoms with Gasteiger partial charge in [-0.3, -0.25) is 25.5 Å². The molecule has 5 nitrogen and oxygen atoms in total. The average Bonchev–Trinajstić information content (AvgIpc) is 2.73. The zero-order valence-corrected chi connectivity index (χ0v) is 15.1. The highest BCUT2D eigenvalue weighted by Crippen LogP contribution is 2.09. The average molecular weight is 338 g/mol. The van der Waals surface area contributed by atoms with Crippen molar-refractivity contribution in [2.45, 2.75) is 39.7 Å². The molecule has 0 unspecified atom stereocenters. The van der Waals surface area contributed by atoms with Crippen molar-refractivity contribution >= 4 is 12.2 Å². The molecule has 24 heavy (non-hydrogen) atoms. The monoisotopic (exact) mass is 338 g/mol. The number of carbonyl (C=O) groups excluding carboxylic acids is 1. The standard InChI is InChI=1S/C11H16N2O.C7H15FN2/c1-4-5-10-6-11(14)13(9(2)3)8-12-7-10;1-2-3-4-6-9-10-7-5-8/h4,6,8-9H,1,5,7H2,2-3H3;2-3,9-10H,4-7H2,1H3/b;3-2-. The predicted molar refractivity (Wildman–Crippen MR) is 99.6 cm³/mol. The van der Waals surface area contributed by atoms with Gasteiger partial charge in [-0.15, -0.1) is 6.58 Å². The van der Waals surface area contributed by atoms with Gasteiger partial charge in [0.2, 0.25) is 0 Å². The van der Waals surface area contributed by atoms with E-state index >= 15 is 0 Å². The van der Waals surface area contributed by atoms with Crippen LogP contribution in [0.1, 0.15) is 33.6 Å². The number of nitrogens with zero attached hydrogens (tertiary/aromatic N) is 2. The number of aliphatic imine (C=N–C) groups is 1. The van der Waals surface area contributed by atoms with Crippen molar-refractivity contribution in [3.8, 4) is 0 Å². The first-order valence-electron chi connectivity index (χ1n) is 8.32. The Balaban J connectivity index is 0.000000470. The maximum atomic E-state index is 11.7. The third kappa shape index (κ3) is 10.9. The molecule has 0 radical (unpaired) electrons. The van der Waals surface area contributed by atoms with Gasteiger partial charge in [-0.2, -0.15) is 0 Å². The number of amides is 1. The van der Waals surface area contributed by atoms with Gasteiger partial charge in [0, 0.05) is 25.2 Å². The smallest absolute Gasteiger partial charge is 0.251 e. The molecule has 0 bridgehead atoms. The molecule has 1 heterocycles. The highest BCUT2D eigenvalue weighted by Gasteiger charge is 2.15. The number of hydrazine groups is 1. The lowest BCUT2D eigenvalue weighted by atomic mass is 10.1. The SMILES string of the molecule is C/C=C\CCNNCCF.C=CCC1=CC(=O)N(C(C)C)C=NC1. The van der Waals surface area contributed by atoms with E-state index in [1.807, 2.05) is 26.8 Å². The molecule has 0 aliphatic carbocycles. The van der Waals surface area contributed by atoms with Crippen molar-refractivity contribution in [3.05, 3.63) is 36.5 Å². The van der Waals surface area contributed by atoms with E-state index in [2.05, 4.69) is 28.5 Å². The van der Waals surface area contributed by atoms with Gasteiger partial charge >= 0.3 is 0 Å². The second kappa shape index (κ2) is 14.8. The van der Waals surface area contributed by atoms with E-state index in [0.717, 1.165) is 25.0 Å². The minimum Gasteiger partial charge on any atom is -0.297 e. The Labute approximate surface area is 145 Å². The molecule has 0 saturated heterocycles. The van der Waals surface area contributed by atoms with Crippen LogP contribution in [0.3, 0.4) is 0 Å². The van der Waals surface area contributed by atoms with Crippen molar-refractivity contribution in [2.75, 3.05) is 26.3 Å². The largest absolute Gasteiger partial charge is 0.297 e. The second-order valence-corrected chi connectivity index (χ2v) is 5.49. The number of nitrogens with one attached hydrogen (secondary N) is 2. The number of halogens is 1. The van der Waals surface area contributed by atoms with Gasteiger partial charge in [0.25, 0.3) is 5.91 Å². The summed E-state index contributed by atoms with van der Waals surface area (Å²) in [5.74, 6) is 0.0121. The quantitative estimate of drug-likeness (QED) is 0.386. The van der Waals surface area contributed by atoms with E-state index in [1.54, 1.807) is 23.4 Å². The Bertz CT molecular complexity index is 444. The summed E-state index contributed by atoms with van der Waals surface area (Å²) in [4.78, 5) is 17.5. The Morgan fingerprint density at radius 2 is 2.12 bits per heavy atom. The van der Waals surface area contributed by atoms with Crippen molar-refractivity contribution in [1.29, 1.82) is 0 Å². The number of allylic oxidation sites excluding steroid dienone is 2. The van der Waals surface area contributed by atoms with Gasteiger partial charge in [0.1, 0.15) is 6.67 Å². The fourth-order valence-corrected chi connectivity index (χ4v) is 1.84. The third-order valence-corrected chi connectivity index (χ3v) is 3.06. The van der Waals surface area contributed by atoms with Crippen LogP contribution in [0.15, 0.2) is 41.4 Å². The van der Waals surface area contributed by atoms with E-state index in [0.29, 0.717) is 13.1 Å². The number of carbonyl (C=O) groups is 1. The van der Waals surface area contributed by atoms with Crippen LogP contribution in [0, 0.1) is 0 Å². The van der Waals surface area contributed by atoms with E-state index in [-0.39, 0.29) is 18.6 Å². The molecule has 1 amide bonds. The maximum Gasteiger partial charge on any atom is 0.251 e. The first-order valence-corrected chi connectivity index (χ1v) is 8.32. The van der Waals surface area contributed by atoms with Crippen LogP contribution in [0.25, 0.3) is 0 Å². The summed E-state index contributed by atoms with van der Waals surface area (Å²) in [7, 11) is 0. The lowest BCUT2D eigenvalue weighted by Crippen LogP contribution is -2.33. The van der Waals surface area contributed by atoms with Gasteiger partial charge in [-0.25, -0.2) is 4.39 Å². The summed E-state index contributed by atoms with van der Waals surface area (Å²) in [6.07, 6.45) is 10.8. The van der Waals surface area contributed by atoms with Crippen molar-refractivity contribution in [1.82, 2.24) is 15.8 Å². The van der Waals surface area contributed by atoms with E-state index in [9.17, 15) is 9.18 Å². The molecule has 6 heteroatoms. The van der Waals surface area contributed by atoms with Gasteiger partial charge in [-0.1, -0.05) is 18.2 Å². The van der Waals surface area contributed by atoms with Crippen LogP contribution in [-0.4, -0.2) is 49.5 Å². The van der Waals surface area contributed by atoms with Crippen molar-refractivity contribution in [3.63, 3.8) is 0 Å². The summed E-state index contributed by atoms with van der Waals surface area (Å²) in [5, 5.41) is 0. The summed E-state index contributed by atoms with van der Waals surface area (Å²) < 4.78 is 11.5. The lowest BCUT2D eigenvalue weighted by Gasteiger charge is -2.18. The Morgan fingerprint density at radius 3 is 2.71 bits per heavy atom. The molecular formula is C18H31FN4O. The number of hydrogen-bond donors (Lipinski definition) is 2. The molecule has 136 valence electrons. The van der Waals surface area contributed by atoms with Crippen LogP contribution >= 0.6 is 0 Å². The minimum absolute atomic E-state index is 0.0121. The first kappa shape index (κ1) is 22.2. The number of hydrogen-bond acceptors (Lipinski definition) is 4. The molecule has 0 aromatic heterocycles. The molecule has 0 fully saturated rings. The van der Waals surface area contributed by atoms with Gasteiger partial charge in [-0.05, 0) is 39.2 Å². The zero-order valence-electron chi connectivity index (χ0n) is 15.1. The van der Waals surface area contributed by atoms with Crippen molar-refractivity contribution in [2.24, 2.45) is 4.99 Å².